The lowest BCUT2D eigenvalue weighted by atomic mass is 9.39. The first-order valence-electron chi connectivity index (χ1n) is 6.61. The molecule has 4 bridgehead atoms. The van der Waals surface area contributed by atoms with Crippen LogP contribution in [-0.4, -0.2) is 6.04 Å². The SMILES string of the molecule is CC(N)C12CC3CC(C)(CC(C)(C3)C1)C2. The van der Waals surface area contributed by atoms with Crippen molar-refractivity contribution in [2.24, 2.45) is 27.9 Å². The molecule has 0 saturated heterocycles. The molecule has 0 aromatic heterocycles. The van der Waals surface area contributed by atoms with E-state index >= 15 is 0 Å². The van der Waals surface area contributed by atoms with Crippen molar-refractivity contribution in [2.45, 2.75) is 65.3 Å². The molecular formula is C14H25N. The lowest BCUT2D eigenvalue weighted by Crippen LogP contribution is -2.59. The molecule has 4 saturated carbocycles. The van der Waals surface area contributed by atoms with E-state index in [-0.39, 0.29) is 0 Å². The van der Waals surface area contributed by atoms with Gasteiger partial charge in [0.25, 0.3) is 0 Å². The highest BCUT2D eigenvalue weighted by atomic mass is 14.7. The number of hydrogen-bond donors (Lipinski definition) is 1. The van der Waals surface area contributed by atoms with E-state index in [9.17, 15) is 0 Å². The van der Waals surface area contributed by atoms with E-state index < -0.39 is 0 Å². The fourth-order valence-corrected chi connectivity index (χ4v) is 6.04. The predicted molar refractivity (Wildman–Crippen MR) is 63.5 cm³/mol. The molecular weight excluding hydrogens is 182 g/mol. The summed E-state index contributed by atoms with van der Waals surface area (Å²) in [7, 11) is 0. The maximum absolute atomic E-state index is 6.31. The Hall–Kier alpha value is -0.0400. The Bertz CT molecular complexity index is 276. The highest BCUT2D eigenvalue weighted by molar-refractivity contribution is 5.12. The summed E-state index contributed by atoms with van der Waals surface area (Å²) in [5, 5.41) is 0. The summed E-state index contributed by atoms with van der Waals surface area (Å²) in [6, 6.07) is 0.402. The molecule has 4 rings (SSSR count). The number of nitrogens with two attached hydrogens (primary N) is 1. The van der Waals surface area contributed by atoms with Crippen LogP contribution in [0.3, 0.4) is 0 Å². The van der Waals surface area contributed by atoms with E-state index in [2.05, 4.69) is 20.8 Å². The van der Waals surface area contributed by atoms with Gasteiger partial charge in [0.15, 0.2) is 0 Å². The normalized spacial score (nSPS) is 59.6. The monoisotopic (exact) mass is 207 g/mol. The van der Waals surface area contributed by atoms with Gasteiger partial charge in [0, 0.05) is 6.04 Å². The van der Waals surface area contributed by atoms with Crippen LogP contribution < -0.4 is 5.73 Å². The largest absolute Gasteiger partial charge is 0.327 e. The summed E-state index contributed by atoms with van der Waals surface area (Å²) >= 11 is 0. The Kier molecular flexibility index (Phi) is 1.77. The Labute approximate surface area is 93.8 Å². The van der Waals surface area contributed by atoms with Crippen LogP contribution >= 0.6 is 0 Å². The van der Waals surface area contributed by atoms with Crippen molar-refractivity contribution in [1.29, 1.82) is 0 Å². The highest BCUT2D eigenvalue weighted by Crippen LogP contribution is 2.70. The van der Waals surface area contributed by atoms with Gasteiger partial charge < -0.3 is 5.73 Å². The Morgan fingerprint density at radius 1 is 1.00 bits per heavy atom. The Morgan fingerprint density at radius 2 is 1.53 bits per heavy atom. The second-order valence-corrected chi connectivity index (χ2v) is 7.78. The lowest BCUT2D eigenvalue weighted by molar-refractivity contribution is -0.151. The third-order valence-corrected chi connectivity index (χ3v) is 5.64. The van der Waals surface area contributed by atoms with Crippen LogP contribution in [0.2, 0.25) is 0 Å². The summed E-state index contributed by atoms with van der Waals surface area (Å²) in [6.07, 6.45) is 8.67. The van der Waals surface area contributed by atoms with E-state index in [1.807, 2.05) is 0 Å². The number of hydrogen-bond acceptors (Lipinski definition) is 1. The molecule has 1 nitrogen and oxygen atoms in total. The predicted octanol–water partition coefficient (Wildman–Crippen LogP) is 3.33. The summed E-state index contributed by atoms with van der Waals surface area (Å²) < 4.78 is 0. The molecule has 0 aromatic carbocycles. The molecule has 4 aliphatic rings. The van der Waals surface area contributed by atoms with Gasteiger partial charge >= 0.3 is 0 Å². The minimum Gasteiger partial charge on any atom is -0.327 e. The third kappa shape index (κ3) is 1.32. The van der Waals surface area contributed by atoms with Crippen molar-refractivity contribution in [3.8, 4) is 0 Å². The fraction of sp³-hybridized carbons (Fsp3) is 1.00. The van der Waals surface area contributed by atoms with Gasteiger partial charge in [0.05, 0.1) is 0 Å². The van der Waals surface area contributed by atoms with E-state index in [0.29, 0.717) is 22.3 Å². The topological polar surface area (TPSA) is 26.0 Å². The molecule has 0 radical (unpaired) electrons. The molecule has 0 amide bonds. The van der Waals surface area contributed by atoms with Gasteiger partial charge in [0.1, 0.15) is 0 Å². The first kappa shape index (κ1) is 10.1. The zero-order chi connectivity index (χ0) is 10.9. The van der Waals surface area contributed by atoms with Crippen molar-refractivity contribution in [2.75, 3.05) is 0 Å². The maximum Gasteiger partial charge on any atom is 0.00675 e. The zero-order valence-electron chi connectivity index (χ0n) is 10.5. The zero-order valence-corrected chi connectivity index (χ0v) is 10.5. The lowest BCUT2D eigenvalue weighted by Gasteiger charge is -2.66. The summed E-state index contributed by atoms with van der Waals surface area (Å²) in [5.74, 6) is 0.988. The summed E-state index contributed by atoms with van der Waals surface area (Å²) in [6.45, 7) is 7.29. The Morgan fingerprint density at radius 3 is 1.93 bits per heavy atom. The van der Waals surface area contributed by atoms with Crippen LogP contribution in [0.1, 0.15) is 59.3 Å². The molecule has 0 aromatic rings. The van der Waals surface area contributed by atoms with Crippen LogP contribution in [-0.2, 0) is 0 Å². The summed E-state index contributed by atoms with van der Waals surface area (Å²) in [4.78, 5) is 0. The average Bonchev–Trinajstić information content (AvgIpc) is 1.95. The second-order valence-electron chi connectivity index (χ2n) is 7.78. The van der Waals surface area contributed by atoms with Crippen molar-refractivity contribution in [1.82, 2.24) is 0 Å². The van der Waals surface area contributed by atoms with Gasteiger partial charge in [-0.25, -0.2) is 0 Å². The molecule has 2 N–H and O–H groups in total. The van der Waals surface area contributed by atoms with Gasteiger partial charge in [0.2, 0.25) is 0 Å². The highest BCUT2D eigenvalue weighted by Gasteiger charge is 2.60. The first-order chi connectivity index (χ1) is 6.85. The Balaban J connectivity index is 2.02. The quantitative estimate of drug-likeness (QED) is 0.701. The molecule has 1 heteroatoms. The average molecular weight is 207 g/mol. The fourth-order valence-electron chi connectivity index (χ4n) is 6.04. The standard InChI is InChI=1S/C14H25N/c1-10(15)14-6-11-4-12(2,8-14)7-13(3,5-11)9-14/h10-11H,4-9,15H2,1-3H3. The van der Waals surface area contributed by atoms with E-state index in [4.69, 9.17) is 5.73 Å². The van der Waals surface area contributed by atoms with Crippen LogP contribution in [0, 0.1) is 22.2 Å². The van der Waals surface area contributed by atoms with Crippen molar-refractivity contribution in [3.05, 3.63) is 0 Å². The molecule has 3 atom stereocenters. The minimum atomic E-state index is 0.402. The smallest absolute Gasteiger partial charge is 0.00675 e. The first-order valence-corrected chi connectivity index (χ1v) is 6.61. The van der Waals surface area contributed by atoms with Crippen molar-refractivity contribution >= 4 is 0 Å². The van der Waals surface area contributed by atoms with Crippen LogP contribution in [0.5, 0.6) is 0 Å². The van der Waals surface area contributed by atoms with Crippen molar-refractivity contribution < 1.29 is 0 Å². The van der Waals surface area contributed by atoms with Crippen LogP contribution in [0.25, 0.3) is 0 Å². The maximum atomic E-state index is 6.31. The molecule has 3 unspecified atom stereocenters. The minimum absolute atomic E-state index is 0.402. The van der Waals surface area contributed by atoms with Gasteiger partial charge in [-0.2, -0.15) is 0 Å². The number of rotatable bonds is 1. The van der Waals surface area contributed by atoms with Crippen molar-refractivity contribution in [3.63, 3.8) is 0 Å². The molecule has 0 heterocycles. The van der Waals surface area contributed by atoms with E-state index in [0.717, 1.165) is 5.92 Å². The second kappa shape index (κ2) is 2.61. The van der Waals surface area contributed by atoms with Crippen LogP contribution in [0.4, 0.5) is 0 Å². The van der Waals surface area contributed by atoms with Gasteiger partial charge in [-0.15, -0.1) is 0 Å². The van der Waals surface area contributed by atoms with Gasteiger partial charge in [-0.05, 0) is 67.6 Å². The molecule has 4 fully saturated rings. The molecule has 0 aliphatic heterocycles. The molecule has 15 heavy (non-hydrogen) atoms. The molecule has 0 spiro atoms. The van der Waals surface area contributed by atoms with Gasteiger partial charge in [-0.3, -0.25) is 0 Å². The van der Waals surface area contributed by atoms with Gasteiger partial charge in [-0.1, -0.05) is 13.8 Å². The summed E-state index contributed by atoms with van der Waals surface area (Å²) in [5.41, 5.74) is 8.07. The van der Waals surface area contributed by atoms with Crippen LogP contribution in [0.15, 0.2) is 0 Å². The van der Waals surface area contributed by atoms with E-state index in [1.54, 1.807) is 0 Å². The van der Waals surface area contributed by atoms with E-state index in [1.165, 1.54) is 38.5 Å². The molecule has 86 valence electrons. The third-order valence-electron chi connectivity index (χ3n) is 5.64. The molecule has 4 aliphatic carbocycles.